The topological polar surface area (TPSA) is 15.3 Å². The molecule has 4 atom stereocenters. The summed E-state index contributed by atoms with van der Waals surface area (Å²) in [6.07, 6.45) is 8.53. The molecule has 21 heavy (non-hydrogen) atoms. The van der Waals surface area contributed by atoms with Crippen LogP contribution in [0, 0.1) is 23.7 Å². The Hall–Kier alpha value is -0.0800. The number of nitrogens with zero attached hydrogens (tertiary/aromatic N) is 1. The molecule has 0 radical (unpaired) electrons. The number of hydrogen-bond donors (Lipinski definition) is 1. The minimum absolute atomic E-state index is 0.773. The Balaban J connectivity index is 1.86. The van der Waals surface area contributed by atoms with Crippen molar-refractivity contribution in [3.63, 3.8) is 0 Å². The smallest absolute Gasteiger partial charge is 0.0108 e. The van der Waals surface area contributed by atoms with Crippen LogP contribution in [0.4, 0.5) is 0 Å². The molecule has 2 nitrogen and oxygen atoms in total. The van der Waals surface area contributed by atoms with Gasteiger partial charge in [0.15, 0.2) is 0 Å². The van der Waals surface area contributed by atoms with Gasteiger partial charge in [0.05, 0.1) is 0 Å². The van der Waals surface area contributed by atoms with Gasteiger partial charge in [-0.1, -0.05) is 27.7 Å². The van der Waals surface area contributed by atoms with Crippen molar-refractivity contribution in [1.82, 2.24) is 10.2 Å². The SMILES string of the molecule is CCNC1CCC(C)CC1CN1CCCC(C(C)C)CC1. The summed E-state index contributed by atoms with van der Waals surface area (Å²) in [5.74, 6) is 3.64. The Bertz CT molecular complexity index is 289. The van der Waals surface area contributed by atoms with Gasteiger partial charge in [-0.15, -0.1) is 0 Å². The molecule has 1 saturated heterocycles. The van der Waals surface area contributed by atoms with Crippen molar-refractivity contribution < 1.29 is 0 Å². The zero-order valence-corrected chi connectivity index (χ0v) is 14.9. The van der Waals surface area contributed by atoms with E-state index in [1.54, 1.807) is 0 Å². The van der Waals surface area contributed by atoms with Gasteiger partial charge in [-0.05, 0) is 81.8 Å². The average molecular weight is 295 g/mol. The number of likely N-dealkylation sites (tertiary alicyclic amines) is 1. The van der Waals surface area contributed by atoms with Crippen LogP contribution in [0.1, 0.15) is 66.2 Å². The molecule has 2 aliphatic rings. The van der Waals surface area contributed by atoms with E-state index in [9.17, 15) is 0 Å². The van der Waals surface area contributed by atoms with Crippen LogP contribution in [0.25, 0.3) is 0 Å². The summed E-state index contributed by atoms with van der Waals surface area (Å²) in [4.78, 5) is 2.79. The predicted molar refractivity (Wildman–Crippen MR) is 92.6 cm³/mol. The maximum Gasteiger partial charge on any atom is 0.0108 e. The van der Waals surface area contributed by atoms with Gasteiger partial charge in [0.1, 0.15) is 0 Å². The number of hydrogen-bond acceptors (Lipinski definition) is 2. The molecular formula is C19H38N2. The highest BCUT2D eigenvalue weighted by molar-refractivity contribution is 4.86. The van der Waals surface area contributed by atoms with Crippen LogP contribution in [0.15, 0.2) is 0 Å². The zero-order chi connectivity index (χ0) is 15.2. The van der Waals surface area contributed by atoms with Crippen LogP contribution in [0.5, 0.6) is 0 Å². The maximum absolute atomic E-state index is 3.76. The normalized spacial score (nSPS) is 35.9. The van der Waals surface area contributed by atoms with Crippen LogP contribution < -0.4 is 5.32 Å². The third kappa shape index (κ3) is 5.25. The highest BCUT2D eigenvalue weighted by atomic mass is 15.1. The fourth-order valence-corrected chi connectivity index (χ4v) is 4.59. The first-order valence-electron chi connectivity index (χ1n) is 9.55. The summed E-state index contributed by atoms with van der Waals surface area (Å²) in [6, 6.07) is 0.773. The zero-order valence-electron chi connectivity index (χ0n) is 14.9. The van der Waals surface area contributed by atoms with Crippen LogP contribution in [-0.4, -0.2) is 37.1 Å². The fourth-order valence-electron chi connectivity index (χ4n) is 4.59. The first kappa shape index (κ1) is 17.3. The van der Waals surface area contributed by atoms with Gasteiger partial charge in [0, 0.05) is 12.6 Å². The lowest BCUT2D eigenvalue weighted by Gasteiger charge is -2.38. The molecule has 1 N–H and O–H groups in total. The van der Waals surface area contributed by atoms with E-state index in [1.165, 1.54) is 58.2 Å². The van der Waals surface area contributed by atoms with Crippen molar-refractivity contribution in [2.45, 2.75) is 72.3 Å². The second-order valence-corrected chi connectivity index (χ2v) is 8.08. The van der Waals surface area contributed by atoms with Crippen molar-refractivity contribution in [1.29, 1.82) is 0 Å². The molecule has 4 unspecified atom stereocenters. The maximum atomic E-state index is 3.76. The standard InChI is InChI=1S/C19H38N2/c1-5-20-19-9-8-16(4)13-18(19)14-21-11-6-7-17(10-12-21)15(2)3/h15-20H,5-14H2,1-4H3. The van der Waals surface area contributed by atoms with Gasteiger partial charge in [-0.25, -0.2) is 0 Å². The Morgan fingerprint density at radius 2 is 1.90 bits per heavy atom. The highest BCUT2D eigenvalue weighted by Gasteiger charge is 2.30. The van der Waals surface area contributed by atoms with Gasteiger partial charge in [-0.3, -0.25) is 0 Å². The second-order valence-electron chi connectivity index (χ2n) is 8.08. The van der Waals surface area contributed by atoms with E-state index in [4.69, 9.17) is 0 Å². The summed E-state index contributed by atoms with van der Waals surface area (Å²) in [7, 11) is 0. The molecule has 2 rings (SSSR count). The fraction of sp³-hybridized carbons (Fsp3) is 1.00. The lowest BCUT2D eigenvalue weighted by Crippen LogP contribution is -2.45. The predicted octanol–water partition coefficient (Wildman–Crippen LogP) is 4.16. The van der Waals surface area contributed by atoms with Crippen molar-refractivity contribution >= 4 is 0 Å². The molecule has 1 aliphatic heterocycles. The molecule has 1 heterocycles. The van der Waals surface area contributed by atoms with Crippen LogP contribution in [0.2, 0.25) is 0 Å². The summed E-state index contributed by atoms with van der Waals surface area (Å²) in [5.41, 5.74) is 0. The Labute approximate surface area is 133 Å². The Kier molecular flexibility index (Phi) is 7.01. The molecule has 0 aromatic heterocycles. The monoisotopic (exact) mass is 294 g/mol. The summed E-state index contributed by atoms with van der Waals surface area (Å²) in [6.45, 7) is 14.7. The molecule has 124 valence electrons. The molecule has 0 aromatic rings. The van der Waals surface area contributed by atoms with Gasteiger partial charge in [0.25, 0.3) is 0 Å². The third-order valence-corrected chi connectivity index (χ3v) is 6.01. The van der Waals surface area contributed by atoms with Crippen molar-refractivity contribution in [3.05, 3.63) is 0 Å². The second kappa shape index (κ2) is 8.53. The molecule has 1 aliphatic carbocycles. The van der Waals surface area contributed by atoms with Gasteiger partial charge < -0.3 is 10.2 Å². The minimum atomic E-state index is 0.773. The minimum Gasteiger partial charge on any atom is -0.314 e. The first-order valence-corrected chi connectivity index (χ1v) is 9.55. The molecular weight excluding hydrogens is 256 g/mol. The quantitative estimate of drug-likeness (QED) is 0.819. The number of rotatable bonds is 5. The molecule has 0 spiro atoms. The highest BCUT2D eigenvalue weighted by Crippen LogP contribution is 2.31. The van der Waals surface area contributed by atoms with Gasteiger partial charge in [0.2, 0.25) is 0 Å². The first-order chi connectivity index (χ1) is 10.1. The average Bonchev–Trinajstić information content (AvgIpc) is 2.68. The van der Waals surface area contributed by atoms with Crippen LogP contribution in [0.3, 0.4) is 0 Å². The van der Waals surface area contributed by atoms with E-state index < -0.39 is 0 Å². The van der Waals surface area contributed by atoms with Gasteiger partial charge >= 0.3 is 0 Å². The molecule has 0 bridgehead atoms. The molecule has 2 fully saturated rings. The summed E-state index contributed by atoms with van der Waals surface area (Å²) in [5, 5.41) is 3.76. The van der Waals surface area contributed by atoms with E-state index in [0.717, 1.165) is 36.3 Å². The molecule has 2 heteroatoms. The van der Waals surface area contributed by atoms with E-state index in [-0.39, 0.29) is 0 Å². The lowest BCUT2D eigenvalue weighted by molar-refractivity contribution is 0.146. The van der Waals surface area contributed by atoms with E-state index >= 15 is 0 Å². The lowest BCUT2D eigenvalue weighted by atomic mass is 9.78. The van der Waals surface area contributed by atoms with Crippen LogP contribution in [-0.2, 0) is 0 Å². The van der Waals surface area contributed by atoms with E-state index in [0.29, 0.717) is 0 Å². The third-order valence-electron chi connectivity index (χ3n) is 6.01. The van der Waals surface area contributed by atoms with Gasteiger partial charge in [-0.2, -0.15) is 0 Å². The van der Waals surface area contributed by atoms with E-state index in [2.05, 4.69) is 37.9 Å². The molecule has 0 aromatic carbocycles. The van der Waals surface area contributed by atoms with Crippen molar-refractivity contribution in [3.8, 4) is 0 Å². The Morgan fingerprint density at radius 1 is 1.10 bits per heavy atom. The molecule has 1 saturated carbocycles. The number of nitrogens with one attached hydrogen (secondary N) is 1. The Morgan fingerprint density at radius 3 is 2.62 bits per heavy atom. The molecule has 0 amide bonds. The summed E-state index contributed by atoms with van der Waals surface area (Å²) >= 11 is 0. The van der Waals surface area contributed by atoms with Crippen LogP contribution >= 0.6 is 0 Å². The summed E-state index contributed by atoms with van der Waals surface area (Å²) < 4.78 is 0. The van der Waals surface area contributed by atoms with Crippen molar-refractivity contribution in [2.75, 3.05) is 26.2 Å². The van der Waals surface area contributed by atoms with E-state index in [1.807, 2.05) is 0 Å². The van der Waals surface area contributed by atoms with Crippen molar-refractivity contribution in [2.24, 2.45) is 23.7 Å². The largest absolute Gasteiger partial charge is 0.314 e.